The fourth-order valence-corrected chi connectivity index (χ4v) is 3.97. The number of aromatic hydroxyl groups is 1. The minimum Gasteiger partial charge on any atom is -0.508 e. The van der Waals surface area contributed by atoms with Crippen molar-refractivity contribution in [1.82, 2.24) is 20.9 Å². The first-order valence-corrected chi connectivity index (χ1v) is 12.1. The molecule has 0 fully saturated rings. The van der Waals surface area contributed by atoms with Gasteiger partial charge in [0, 0.05) is 29.3 Å². The van der Waals surface area contributed by atoms with Crippen molar-refractivity contribution in [3.05, 3.63) is 65.9 Å². The summed E-state index contributed by atoms with van der Waals surface area (Å²) in [5.74, 6) is -3.13. The summed E-state index contributed by atoms with van der Waals surface area (Å²) in [4.78, 5) is 52.1. The van der Waals surface area contributed by atoms with Crippen molar-refractivity contribution in [1.29, 1.82) is 0 Å². The second kappa shape index (κ2) is 12.8. The summed E-state index contributed by atoms with van der Waals surface area (Å²) < 4.78 is 0. The van der Waals surface area contributed by atoms with Crippen LogP contribution in [0.2, 0.25) is 0 Å². The Morgan fingerprint density at radius 1 is 0.946 bits per heavy atom. The van der Waals surface area contributed by atoms with Crippen molar-refractivity contribution in [2.75, 3.05) is 12.3 Å². The number of thiol groups is 1. The number of phenolic OH excluding ortho intramolecular Hbond substituents is 1. The number of carboxylic acid groups (broad SMARTS) is 1. The highest BCUT2D eigenvalue weighted by Crippen LogP contribution is 2.19. The molecular formula is C25H29N5O6S. The molecule has 0 aliphatic carbocycles. The summed E-state index contributed by atoms with van der Waals surface area (Å²) in [5.41, 5.74) is 8.24. The zero-order chi connectivity index (χ0) is 26.9. The summed E-state index contributed by atoms with van der Waals surface area (Å²) >= 11 is 4.09. The Bertz CT molecular complexity index is 1260. The lowest BCUT2D eigenvalue weighted by atomic mass is 10.0. The Hall–Kier alpha value is -4.03. The molecule has 0 aliphatic rings. The molecule has 3 amide bonds. The molecule has 11 nitrogen and oxygen atoms in total. The van der Waals surface area contributed by atoms with Crippen molar-refractivity contribution in [2.24, 2.45) is 5.73 Å². The Morgan fingerprint density at radius 2 is 1.65 bits per heavy atom. The van der Waals surface area contributed by atoms with Crippen LogP contribution in [-0.4, -0.2) is 69.3 Å². The maximum absolute atomic E-state index is 12.5. The lowest BCUT2D eigenvalue weighted by Gasteiger charge is -2.20. The summed E-state index contributed by atoms with van der Waals surface area (Å²) in [6.45, 7) is -0.490. The third kappa shape index (κ3) is 7.72. The second-order valence-corrected chi connectivity index (χ2v) is 8.83. The van der Waals surface area contributed by atoms with E-state index in [0.29, 0.717) is 0 Å². The first-order chi connectivity index (χ1) is 17.7. The van der Waals surface area contributed by atoms with Crippen molar-refractivity contribution in [2.45, 2.75) is 31.0 Å². The number of carbonyl (C=O) groups excluding carboxylic acids is 3. The average Bonchev–Trinajstić information content (AvgIpc) is 3.29. The van der Waals surface area contributed by atoms with Gasteiger partial charge in [0.1, 0.15) is 17.8 Å². The number of hydrogen-bond donors (Lipinski definition) is 8. The number of aliphatic carboxylic acids is 1. The van der Waals surface area contributed by atoms with E-state index in [0.717, 1.165) is 22.0 Å². The van der Waals surface area contributed by atoms with Crippen LogP contribution in [0.4, 0.5) is 0 Å². The number of amides is 3. The molecule has 3 rings (SSSR count). The molecule has 37 heavy (non-hydrogen) atoms. The molecule has 8 N–H and O–H groups in total. The Morgan fingerprint density at radius 3 is 2.32 bits per heavy atom. The van der Waals surface area contributed by atoms with Crippen LogP contribution < -0.4 is 21.7 Å². The van der Waals surface area contributed by atoms with Gasteiger partial charge in [0.25, 0.3) is 0 Å². The highest BCUT2D eigenvalue weighted by atomic mass is 32.1. The zero-order valence-corrected chi connectivity index (χ0v) is 20.7. The summed E-state index contributed by atoms with van der Waals surface area (Å²) in [5, 5.41) is 27.1. The summed E-state index contributed by atoms with van der Waals surface area (Å²) in [6.07, 6.45) is 1.93. The predicted molar refractivity (Wildman–Crippen MR) is 140 cm³/mol. The molecule has 196 valence electrons. The molecule has 1 heterocycles. The van der Waals surface area contributed by atoms with E-state index in [1.807, 2.05) is 24.3 Å². The molecule has 3 aromatic rings. The van der Waals surface area contributed by atoms with E-state index in [4.69, 9.17) is 5.73 Å². The first kappa shape index (κ1) is 27.6. The van der Waals surface area contributed by atoms with Crippen LogP contribution in [0, 0.1) is 0 Å². The normalized spacial score (nSPS) is 13.4. The summed E-state index contributed by atoms with van der Waals surface area (Å²) in [6, 6.07) is 10.4. The fourth-order valence-electron chi connectivity index (χ4n) is 3.71. The number of H-pyrrole nitrogens is 1. The van der Waals surface area contributed by atoms with Gasteiger partial charge in [0.2, 0.25) is 17.7 Å². The minimum absolute atomic E-state index is 0.0489. The van der Waals surface area contributed by atoms with E-state index in [1.165, 1.54) is 12.1 Å². The Labute approximate surface area is 218 Å². The van der Waals surface area contributed by atoms with Crippen LogP contribution in [0.15, 0.2) is 54.7 Å². The molecule has 3 atom stereocenters. The number of carbonyl (C=O) groups is 4. The van der Waals surface area contributed by atoms with Gasteiger partial charge < -0.3 is 36.9 Å². The van der Waals surface area contributed by atoms with E-state index in [1.54, 1.807) is 18.3 Å². The number of para-hydroxylation sites is 1. The zero-order valence-electron chi connectivity index (χ0n) is 19.8. The number of aromatic nitrogens is 1. The molecule has 0 aliphatic heterocycles. The molecule has 0 spiro atoms. The number of rotatable bonds is 12. The van der Waals surface area contributed by atoms with E-state index in [-0.39, 0.29) is 24.3 Å². The number of benzene rings is 2. The van der Waals surface area contributed by atoms with Gasteiger partial charge in [-0.2, -0.15) is 12.6 Å². The third-order valence-electron chi connectivity index (χ3n) is 5.70. The fraction of sp³-hybridized carbons (Fsp3) is 0.280. The van der Waals surface area contributed by atoms with Gasteiger partial charge in [-0.3, -0.25) is 14.4 Å². The molecule has 2 aromatic carbocycles. The van der Waals surface area contributed by atoms with Crippen molar-refractivity contribution in [3.8, 4) is 5.75 Å². The van der Waals surface area contributed by atoms with Gasteiger partial charge in [0.05, 0.1) is 12.6 Å². The van der Waals surface area contributed by atoms with Crippen LogP contribution in [0.3, 0.4) is 0 Å². The molecule has 1 aromatic heterocycles. The SMILES string of the molecule is NC(Cc1ccc(O)cc1)C(=O)NC(CS)C(=O)NCC(=O)NC(Cc1c[nH]c2ccccc12)C(=O)O. The monoisotopic (exact) mass is 527 g/mol. The molecular weight excluding hydrogens is 498 g/mol. The molecule has 12 heteroatoms. The minimum atomic E-state index is -1.21. The molecule has 3 unspecified atom stereocenters. The van der Waals surface area contributed by atoms with Crippen LogP contribution in [0.25, 0.3) is 10.9 Å². The van der Waals surface area contributed by atoms with E-state index in [9.17, 15) is 29.4 Å². The van der Waals surface area contributed by atoms with Gasteiger partial charge in [-0.25, -0.2) is 4.79 Å². The van der Waals surface area contributed by atoms with Gasteiger partial charge in [0.15, 0.2) is 0 Å². The highest BCUT2D eigenvalue weighted by Gasteiger charge is 2.25. The third-order valence-corrected chi connectivity index (χ3v) is 6.06. The van der Waals surface area contributed by atoms with E-state index >= 15 is 0 Å². The predicted octanol–water partition coefficient (Wildman–Crippen LogP) is 0.0862. The quantitative estimate of drug-likeness (QED) is 0.153. The lowest BCUT2D eigenvalue weighted by Crippen LogP contribution is -2.54. The number of aromatic amines is 1. The largest absolute Gasteiger partial charge is 0.508 e. The van der Waals surface area contributed by atoms with E-state index in [2.05, 4.69) is 33.6 Å². The Balaban J connectivity index is 1.50. The highest BCUT2D eigenvalue weighted by molar-refractivity contribution is 7.80. The van der Waals surface area contributed by atoms with Crippen molar-refractivity contribution >= 4 is 47.2 Å². The maximum atomic E-state index is 12.5. The molecule has 0 saturated carbocycles. The lowest BCUT2D eigenvalue weighted by molar-refractivity contribution is -0.141. The number of fused-ring (bicyclic) bond motifs is 1. The number of carboxylic acids is 1. The van der Waals surface area contributed by atoms with Gasteiger partial charge in [-0.05, 0) is 35.7 Å². The first-order valence-electron chi connectivity index (χ1n) is 11.5. The average molecular weight is 528 g/mol. The maximum Gasteiger partial charge on any atom is 0.326 e. The van der Waals surface area contributed by atoms with Gasteiger partial charge in [-0.1, -0.05) is 30.3 Å². The molecule has 0 bridgehead atoms. The van der Waals surface area contributed by atoms with E-state index < -0.39 is 48.4 Å². The second-order valence-electron chi connectivity index (χ2n) is 8.46. The number of hydrogen-bond acceptors (Lipinski definition) is 7. The smallest absolute Gasteiger partial charge is 0.326 e. The molecule has 0 saturated heterocycles. The molecule has 0 radical (unpaired) electrons. The van der Waals surface area contributed by atoms with Crippen molar-refractivity contribution in [3.63, 3.8) is 0 Å². The van der Waals surface area contributed by atoms with Crippen LogP contribution in [0.5, 0.6) is 5.75 Å². The van der Waals surface area contributed by atoms with Gasteiger partial charge >= 0.3 is 5.97 Å². The number of phenols is 1. The van der Waals surface area contributed by atoms with Crippen molar-refractivity contribution < 1.29 is 29.4 Å². The number of nitrogens with one attached hydrogen (secondary N) is 4. The standard InChI is InChI=1S/C25H29N5O6S/c26-18(9-14-5-7-16(31)8-6-14)23(33)30-21(13-37)24(34)28-12-22(32)29-20(25(35)36)10-15-11-27-19-4-2-1-3-17(15)19/h1-8,11,18,20-21,27,31,37H,9-10,12-13,26H2,(H,28,34)(H,29,32)(H,30,33)(H,35,36). The topological polar surface area (TPSA) is 187 Å². The number of nitrogens with two attached hydrogens (primary N) is 1. The van der Waals surface area contributed by atoms with Crippen LogP contribution in [-0.2, 0) is 32.0 Å². The van der Waals surface area contributed by atoms with Crippen LogP contribution >= 0.6 is 12.6 Å². The Kier molecular flexibility index (Phi) is 9.52. The summed E-state index contributed by atoms with van der Waals surface area (Å²) in [7, 11) is 0. The van der Waals surface area contributed by atoms with Crippen LogP contribution in [0.1, 0.15) is 11.1 Å². The van der Waals surface area contributed by atoms with Gasteiger partial charge in [-0.15, -0.1) is 0 Å².